The van der Waals surface area contributed by atoms with Gasteiger partial charge in [0.25, 0.3) is 0 Å². The van der Waals surface area contributed by atoms with Crippen molar-refractivity contribution < 1.29 is 5.11 Å². The van der Waals surface area contributed by atoms with Gasteiger partial charge in [-0.25, -0.2) is 4.98 Å². The van der Waals surface area contributed by atoms with Gasteiger partial charge in [-0.2, -0.15) is 0 Å². The van der Waals surface area contributed by atoms with Gasteiger partial charge in [-0.05, 0) is 36.2 Å². The predicted octanol–water partition coefficient (Wildman–Crippen LogP) is 2.66. The highest BCUT2D eigenvalue weighted by Gasteiger charge is 2.13. The molecule has 2 aromatic carbocycles. The van der Waals surface area contributed by atoms with E-state index in [0.717, 1.165) is 23.1 Å². The maximum absolute atomic E-state index is 9.60. The first-order valence-electron chi connectivity index (χ1n) is 6.70. The molecule has 102 valence electrons. The molecule has 0 aliphatic rings. The lowest BCUT2D eigenvalue weighted by atomic mass is 10.1. The number of nitrogens with two attached hydrogens (primary N) is 1. The van der Waals surface area contributed by atoms with Crippen LogP contribution in [0.4, 0.5) is 5.69 Å². The molecule has 0 bridgehead atoms. The molecule has 1 aromatic heterocycles. The molecule has 0 spiro atoms. The fourth-order valence-corrected chi connectivity index (χ4v) is 2.55. The molecule has 0 aliphatic heterocycles. The van der Waals surface area contributed by atoms with Crippen molar-refractivity contribution in [1.29, 1.82) is 0 Å². The molecule has 20 heavy (non-hydrogen) atoms. The summed E-state index contributed by atoms with van der Waals surface area (Å²) in [6.45, 7) is 2.02. The van der Waals surface area contributed by atoms with Crippen molar-refractivity contribution in [1.82, 2.24) is 9.55 Å². The first-order valence-corrected chi connectivity index (χ1v) is 6.70. The summed E-state index contributed by atoms with van der Waals surface area (Å²) in [7, 11) is 0. The Kier molecular flexibility index (Phi) is 3.16. The van der Waals surface area contributed by atoms with Crippen LogP contribution in [0.15, 0.2) is 42.5 Å². The van der Waals surface area contributed by atoms with E-state index >= 15 is 0 Å². The molecule has 4 heteroatoms. The molecule has 0 saturated carbocycles. The molecule has 0 fully saturated rings. The third-order valence-corrected chi connectivity index (χ3v) is 3.50. The molecule has 0 unspecified atom stereocenters. The van der Waals surface area contributed by atoms with E-state index in [1.165, 1.54) is 5.56 Å². The Labute approximate surface area is 117 Å². The number of anilines is 1. The van der Waals surface area contributed by atoms with Crippen LogP contribution in [0.25, 0.3) is 16.7 Å². The maximum atomic E-state index is 9.60. The van der Waals surface area contributed by atoms with Gasteiger partial charge in [0.2, 0.25) is 0 Å². The van der Waals surface area contributed by atoms with E-state index in [2.05, 4.69) is 24.0 Å². The fourth-order valence-electron chi connectivity index (χ4n) is 2.55. The summed E-state index contributed by atoms with van der Waals surface area (Å²) in [5, 5.41) is 9.60. The number of rotatable bonds is 3. The normalized spacial score (nSPS) is 11.1. The molecule has 3 N–H and O–H groups in total. The number of aliphatic hydroxyl groups is 1. The maximum Gasteiger partial charge on any atom is 0.140 e. The molecule has 0 amide bonds. The SMILES string of the molecule is CCc1ccccc1-n1c(CO)nc2cc(N)ccc21. The zero-order valence-corrected chi connectivity index (χ0v) is 11.4. The molecule has 0 saturated heterocycles. The number of para-hydroxylation sites is 1. The molecular weight excluding hydrogens is 250 g/mol. The zero-order chi connectivity index (χ0) is 14.1. The monoisotopic (exact) mass is 267 g/mol. The van der Waals surface area contributed by atoms with Crippen LogP contribution in [0.5, 0.6) is 0 Å². The number of fused-ring (bicyclic) bond motifs is 1. The van der Waals surface area contributed by atoms with Crippen LogP contribution in [-0.4, -0.2) is 14.7 Å². The van der Waals surface area contributed by atoms with Gasteiger partial charge in [0.1, 0.15) is 12.4 Å². The summed E-state index contributed by atoms with van der Waals surface area (Å²) in [6.07, 6.45) is 0.926. The van der Waals surface area contributed by atoms with Crippen molar-refractivity contribution in [2.45, 2.75) is 20.0 Å². The Bertz CT molecular complexity index is 762. The van der Waals surface area contributed by atoms with E-state index in [-0.39, 0.29) is 6.61 Å². The molecule has 0 atom stereocenters. The summed E-state index contributed by atoms with van der Waals surface area (Å²) in [4.78, 5) is 4.48. The number of nitrogen functional groups attached to an aromatic ring is 1. The molecule has 0 radical (unpaired) electrons. The second-order valence-electron chi connectivity index (χ2n) is 4.75. The summed E-state index contributed by atoms with van der Waals surface area (Å²) >= 11 is 0. The number of benzene rings is 2. The van der Waals surface area contributed by atoms with Gasteiger partial charge in [-0.3, -0.25) is 4.57 Å². The summed E-state index contributed by atoms with van der Waals surface area (Å²) in [5.74, 6) is 0.631. The number of aromatic nitrogens is 2. The lowest BCUT2D eigenvalue weighted by Crippen LogP contribution is -2.04. The predicted molar refractivity (Wildman–Crippen MR) is 80.8 cm³/mol. The first-order chi connectivity index (χ1) is 9.74. The Morgan fingerprint density at radius 1 is 1.20 bits per heavy atom. The van der Waals surface area contributed by atoms with Gasteiger partial charge in [0, 0.05) is 5.69 Å². The quantitative estimate of drug-likeness (QED) is 0.717. The fraction of sp³-hybridized carbons (Fsp3) is 0.188. The van der Waals surface area contributed by atoms with Crippen molar-refractivity contribution >= 4 is 16.7 Å². The molecule has 4 nitrogen and oxygen atoms in total. The average Bonchev–Trinajstić information content (AvgIpc) is 2.84. The molecule has 0 aliphatic carbocycles. The van der Waals surface area contributed by atoms with E-state index in [4.69, 9.17) is 5.73 Å². The Hall–Kier alpha value is -2.33. The van der Waals surface area contributed by atoms with Crippen molar-refractivity contribution in [3.63, 3.8) is 0 Å². The minimum atomic E-state index is -0.105. The van der Waals surface area contributed by atoms with E-state index in [9.17, 15) is 5.11 Å². The Morgan fingerprint density at radius 2 is 2.00 bits per heavy atom. The van der Waals surface area contributed by atoms with Crippen LogP contribution in [0.2, 0.25) is 0 Å². The Balaban J connectivity index is 2.34. The van der Waals surface area contributed by atoms with Crippen LogP contribution in [-0.2, 0) is 13.0 Å². The van der Waals surface area contributed by atoms with Crippen LogP contribution >= 0.6 is 0 Å². The van der Waals surface area contributed by atoms with E-state index in [0.29, 0.717) is 11.5 Å². The molecule has 3 rings (SSSR count). The highest BCUT2D eigenvalue weighted by molar-refractivity contribution is 5.81. The van der Waals surface area contributed by atoms with Crippen molar-refractivity contribution in [3.8, 4) is 5.69 Å². The van der Waals surface area contributed by atoms with E-state index in [1.807, 2.05) is 34.9 Å². The number of aryl methyl sites for hydroxylation is 1. The number of nitrogens with zero attached hydrogens (tertiary/aromatic N) is 2. The van der Waals surface area contributed by atoms with Gasteiger partial charge in [-0.15, -0.1) is 0 Å². The second-order valence-corrected chi connectivity index (χ2v) is 4.75. The third-order valence-electron chi connectivity index (χ3n) is 3.50. The van der Waals surface area contributed by atoms with Crippen LogP contribution in [0.1, 0.15) is 18.3 Å². The van der Waals surface area contributed by atoms with Gasteiger partial charge in [-0.1, -0.05) is 25.1 Å². The summed E-state index contributed by atoms with van der Waals surface area (Å²) in [5.41, 5.74) is 10.5. The second kappa shape index (κ2) is 4.98. The van der Waals surface area contributed by atoms with Crippen LogP contribution in [0.3, 0.4) is 0 Å². The van der Waals surface area contributed by atoms with Gasteiger partial charge >= 0.3 is 0 Å². The Morgan fingerprint density at radius 3 is 2.75 bits per heavy atom. The van der Waals surface area contributed by atoms with E-state index in [1.54, 1.807) is 0 Å². The standard InChI is InChI=1S/C16H17N3O/c1-2-11-5-3-4-6-14(11)19-15-8-7-12(17)9-13(15)18-16(19)10-20/h3-9,20H,2,10,17H2,1H3. The van der Waals surface area contributed by atoms with Gasteiger partial charge < -0.3 is 10.8 Å². The van der Waals surface area contributed by atoms with Crippen molar-refractivity contribution in [2.24, 2.45) is 0 Å². The highest BCUT2D eigenvalue weighted by atomic mass is 16.3. The van der Waals surface area contributed by atoms with E-state index < -0.39 is 0 Å². The van der Waals surface area contributed by atoms with Crippen LogP contribution < -0.4 is 5.73 Å². The lowest BCUT2D eigenvalue weighted by Gasteiger charge is -2.12. The number of imidazole rings is 1. The first kappa shape index (κ1) is 12.7. The number of aliphatic hydroxyl groups excluding tert-OH is 1. The third kappa shape index (κ3) is 1.94. The zero-order valence-electron chi connectivity index (χ0n) is 11.4. The largest absolute Gasteiger partial charge is 0.399 e. The average molecular weight is 267 g/mol. The van der Waals surface area contributed by atoms with Crippen molar-refractivity contribution in [2.75, 3.05) is 5.73 Å². The molecular formula is C16H17N3O. The topological polar surface area (TPSA) is 64.1 Å². The van der Waals surface area contributed by atoms with Crippen molar-refractivity contribution in [3.05, 3.63) is 53.9 Å². The minimum Gasteiger partial charge on any atom is -0.399 e. The number of hydrogen-bond acceptors (Lipinski definition) is 3. The van der Waals surface area contributed by atoms with Gasteiger partial charge in [0.05, 0.1) is 16.7 Å². The van der Waals surface area contributed by atoms with Crippen LogP contribution in [0, 0.1) is 0 Å². The minimum absolute atomic E-state index is 0.105. The smallest absolute Gasteiger partial charge is 0.140 e. The highest BCUT2D eigenvalue weighted by Crippen LogP contribution is 2.25. The van der Waals surface area contributed by atoms with Gasteiger partial charge in [0.15, 0.2) is 0 Å². The summed E-state index contributed by atoms with van der Waals surface area (Å²) < 4.78 is 2.01. The molecule has 1 heterocycles. The number of hydrogen-bond donors (Lipinski definition) is 2. The molecule has 3 aromatic rings. The lowest BCUT2D eigenvalue weighted by molar-refractivity contribution is 0.270. The summed E-state index contributed by atoms with van der Waals surface area (Å²) in [6, 6.07) is 13.8.